The van der Waals surface area contributed by atoms with Gasteiger partial charge in [0.25, 0.3) is 0 Å². The van der Waals surface area contributed by atoms with Crippen LogP contribution in [0.15, 0.2) is 29.0 Å². The maximum absolute atomic E-state index is 5.69. The standard InChI is InChI=1S/C15H19BrN2O2/c1-4-18-8-7-17-15(18)11-9-12(16)14(20-6-3)13(10-11)19-5-2/h7-10H,4-6H2,1-3H3. The third-order valence-electron chi connectivity index (χ3n) is 2.91. The highest BCUT2D eigenvalue weighted by Gasteiger charge is 2.15. The van der Waals surface area contributed by atoms with E-state index in [4.69, 9.17) is 9.47 Å². The molecule has 0 fully saturated rings. The number of ether oxygens (including phenoxy) is 2. The normalized spacial score (nSPS) is 10.6. The van der Waals surface area contributed by atoms with E-state index in [-0.39, 0.29) is 0 Å². The summed E-state index contributed by atoms with van der Waals surface area (Å²) in [5.74, 6) is 2.41. The fraction of sp³-hybridized carbons (Fsp3) is 0.400. The van der Waals surface area contributed by atoms with Crippen molar-refractivity contribution in [3.05, 3.63) is 29.0 Å². The van der Waals surface area contributed by atoms with E-state index >= 15 is 0 Å². The SMILES string of the molecule is CCOc1cc(-c2nccn2CC)cc(Br)c1OCC. The zero-order chi connectivity index (χ0) is 14.5. The lowest BCUT2D eigenvalue weighted by Gasteiger charge is -2.15. The fourth-order valence-corrected chi connectivity index (χ4v) is 2.63. The van der Waals surface area contributed by atoms with E-state index < -0.39 is 0 Å². The molecule has 0 saturated carbocycles. The fourth-order valence-electron chi connectivity index (χ4n) is 2.07. The molecular weight excluding hydrogens is 320 g/mol. The highest BCUT2D eigenvalue weighted by atomic mass is 79.9. The van der Waals surface area contributed by atoms with Crippen molar-refractivity contribution in [2.45, 2.75) is 27.3 Å². The van der Waals surface area contributed by atoms with E-state index in [9.17, 15) is 0 Å². The largest absolute Gasteiger partial charge is 0.490 e. The molecule has 0 aliphatic rings. The van der Waals surface area contributed by atoms with Crippen LogP contribution < -0.4 is 9.47 Å². The number of rotatable bonds is 6. The van der Waals surface area contributed by atoms with Gasteiger partial charge in [-0.2, -0.15) is 0 Å². The van der Waals surface area contributed by atoms with Gasteiger partial charge in [0.2, 0.25) is 0 Å². The first-order valence-corrected chi connectivity index (χ1v) is 7.61. The van der Waals surface area contributed by atoms with Crippen LogP contribution in [0, 0.1) is 0 Å². The van der Waals surface area contributed by atoms with Gasteiger partial charge in [0, 0.05) is 24.5 Å². The third kappa shape index (κ3) is 2.98. The third-order valence-corrected chi connectivity index (χ3v) is 3.50. The van der Waals surface area contributed by atoms with Gasteiger partial charge >= 0.3 is 0 Å². The summed E-state index contributed by atoms with van der Waals surface area (Å²) in [4.78, 5) is 4.42. The Hall–Kier alpha value is -1.49. The summed E-state index contributed by atoms with van der Waals surface area (Å²) in [5.41, 5.74) is 1.01. The molecule has 0 spiro atoms. The summed E-state index contributed by atoms with van der Waals surface area (Å²) < 4.78 is 14.3. The predicted octanol–water partition coefficient (Wildman–Crippen LogP) is 4.13. The average molecular weight is 339 g/mol. The molecule has 0 saturated heterocycles. The van der Waals surface area contributed by atoms with Gasteiger partial charge in [0.1, 0.15) is 5.82 Å². The monoisotopic (exact) mass is 338 g/mol. The van der Waals surface area contributed by atoms with Crippen molar-refractivity contribution in [2.75, 3.05) is 13.2 Å². The predicted molar refractivity (Wildman–Crippen MR) is 83.4 cm³/mol. The summed E-state index contributed by atoms with van der Waals surface area (Å²) in [6.45, 7) is 8.09. The Morgan fingerprint density at radius 2 is 1.90 bits per heavy atom. The van der Waals surface area contributed by atoms with Gasteiger partial charge in [-0.15, -0.1) is 0 Å². The number of aromatic nitrogens is 2. The molecule has 0 radical (unpaired) electrons. The maximum Gasteiger partial charge on any atom is 0.175 e. The smallest absolute Gasteiger partial charge is 0.175 e. The van der Waals surface area contributed by atoms with Gasteiger partial charge in [-0.3, -0.25) is 0 Å². The molecule has 0 bridgehead atoms. The molecular formula is C15H19BrN2O2. The molecule has 2 aromatic rings. The molecule has 0 aliphatic heterocycles. The first kappa shape index (κ1) is 14.9. The van der Waals surface area contributed by atoms with Gasteiger partial charge in [0.15, 0.2) is 11.5 Å². The molecule has 0 atom stereocenters. The number of imidazole rings is 1. The number of hydrogen-bond donors (Lipinski definition) is 0. The number of benzene rings is 1. The molecule has 0 N–H and O–H groups in total. The zero-order valence-corrected chi connectivity index (χ0v) is 13.6. The summed E-state index contributed by atoms with van der Waals surface area (Å²) in [6.07, 6.45) is 3.78. The first-order valence-electron chi connectivity index (χ1n) is 6.81. The van der Waals surface area contributed by atoms with E-state index in [1.807, 2.05) is 38.4 Å². The quantitative estimate of drug-likeness (QED) is 0.794. The van der Waals surface area contributed by atoms with Gasteiger partial charge in [-0.25, -0.2) is 4.98 Å². The maximum atomic E-state index is 5.69. The Morgan fingerprint density at radius 1 is 1.15 bits per heavy atom. The lowest BCUT2D eigenvalue weighted by atomic mass is 10.2. The van der Waals surface area contributed by atoms with Crippen molar-refractivity contribution in [1.82, 2.24) is 9.55 Å². The molecule has 0 unspecified atom stereocenters. The summed E-state index contributed by atoms with van der Waals surface area (Å²) in [6, 6.07) is 4.00. The van der Waals surface area contributed by atoms with Crippen molar-refractivity contribution in [3.8, 4) is 22.9 Å². The van der Waals surface area contributed by atoms with Crippen LogP contribution in [0.2, 0.25) is 0 Å². The van der Waals surface area contributed by atoms with Gasteiger partial charge in [-0.1, -0.05) is 0 Å². The van der Waals surface area contributed by atoms with Gasteiger partial charge < -0.3 is 14.0 Å². The van der Waals surface area contributed by atoms with E-state index in [1.165, 1.54) is 0 Å². The van der Waals surface area contributed by atoms with Crippen LogP contribution in [0.1, 0.15) is 20.8 Å². The molecule has 2 rings (SSSR count). The van der Waals surface area contributed by atoms with Gasteiger partial charge in [-0.05, 0) is 48.8 Å². The van der Waals surface area contributed by atoms with E-state index in [0.29, 0.717) is 13.2 Å². The molecule has 5 heteroatoms. The highest BCUT2D eigenvalue weighted by Crippen LogP contribution is 2.39. The van der Waals surface area contributed by atoms with E-state index in [1.54, 1.807) is 0 Å². The number of hydrogen-bond acceptors (Lipinski definition) is 3. The molecule has 1 aromatic carbocycles. The van der Waals surface area contributed by atoms with Crippen LogP contribution >= 0.6 is 15.9 Å². The van der Waals surface area contributed by atoms with Crippen LogP contribution in [0.5, 0.6) is 11.5 Å². The highest BCUT2D eigenvalue weighted by molar-refractivity contribution is 9.10. The number of aryl methyl sites for hydroxylation is 1. The van der Waals surface area contributed by atoms with Crippen LogP contribution in [0.4, 0.5) is 0 Å². The van der Waals surface area contributed by atoms with Crippen molar-refractivity contribution in [2.24, 2.45) is 0 Å². The second-order valence-corrected chi connectivity index (χ2v) is 5.04. The molecule has 20 heavy (non-hydrogen) atoms. The minimum Gasteiger partial charge on any atom is -0.490 e. The summed E-state index contributed by atoms with van der Waals surface area (Å²) in [5, 5.41) is 0. The Kier molecular flexibility index (Phi) is 5.06. The Labute approximate surface area is 127 Å². The minimum absolute atomic E-state index is 0.595. The summed E-state index contributed by atoms with van der Waals surface area (Å²) >= 11 is 3.56. The number of nitrogens with zero attached hydrogens (tertiary/aromatic N) is 2. The van der Waals surface area contributed by atoms with E-state index in [2.05, 4.69) is 32.4 Å². The second-order valence-electron chi connectivity index (χ2n) is 4.19. The van der Waals surface area contributed by atoms with Crippen molar-refractivity contribution < 1.29 is 9.47 Å². The Bertz CT molecular complexity index is 581. The Balaban J connectivity index is 2.50. The summed E-state index contributed by atoms with van der Waals surface area (Å²) in [7, 11) is 0. The van der Waals surface area contributed by atoms with Gasteiger partial charge in [0.05, 0.1) is 17.7 Å². The lowest BCUT2D eigenvalue weighted by Crippen LogP contribution is -2.01. The van der Waals surface area contributed by atoms with E-state index in [0.717, 1.165) is 33.9 Å². The lowest BCUT2D eigenvalue weighted by molar-refractivity contribution is 0.286. The Morgan fingerprint density at radius 3 is 2.55 bits per heavy atom. The average Bonchev–Trinajstić information content (AvgIpc) is 2.91. The second kappa shape index (κ2) is 6.79. The van der Waals surface area contributed by atoms with Crippen LogP contribution in [0.25, 0.3) is 11.4 Å². The molecule has 108 valence electrons. The van der Waals surface area contributed by atoms with Crippen molar-refractivity contribution >= 4 is 15.9 Å². The van der Waals surface area contributed by atoms with Crippen LogP contribution in [-0.4, -0.2) is 22.8 Å². The first-order chi connectivity index (χ1) is 9.71. The van der Waals surface area contributed by atoms with Crippen LogP contribution in [-0.2, 0) is 6.54 Å². The van der Waals surface area contributed by atoms with Crippen molar-refractivity contribution in [1.29, 1.82) is 0 Å². The zero-order valence-electron chi connectivity index (χ0n) is 12.0. The molecule has 1 heterocycles. The van der Waals surface area contributed by atoms with Crippen LogP contribution in [0.3, 0.4) is 0 Å². The minimum atomic E-state index is 0.595. The topological polar surface area (TPSA) is 36.3 Å². The van der Waals surface area contributed by atoms with Crippen molar-refractivity contribution in [3.63, 3.8) is 0 Å². The molecule has 4 nitrogen and oxygen atoms in total. The molecule has 0 aliphatic carbocycles. The number of halogens is 1. The molecule has 1 aromatic heterocycles. The molecule has 0 amide bonds.